The minimum Gasteiger partial charge on any atom is -0.325 e. The van der Waals surface area contributed by atoms with Crippen molar-refractivity contribution >= 4 is 34.2 Å². The Kier molecular flexibility index (Phi) is 5.10. The summed E-state index contributed by atoms with van der Waals surface area (Å²) in [5.74, 6) is 0.0600. The molecule has 0 saturated carbocycles. The zero-order valence-corrected chi connectivity index (χ0v) is 14.5. The molecular weight excluding hydrogens is 387 g/mol. The fourth-order valence-corrected chi connectivity index (χ4v) is 3.56. The molecule has 114 valence electrons. The van der Waals surface area contributed by atoms with Crippen LogP contribution in [0.1, 0.15) is 24.4 Å². The fourth-order valence-electron chi connectivity index (χ4n) is 3.02. The molecule has 0 aliphatic carbocycles. The van der Waals surface area contributed by atoms with Gasteiger partial charge in [-0.3, -0.25) is 9.69 Å². The molecule has 22 heavy (non-hydrogen) atoms. The molecule has 2 aromatic carbocycles. The molecule has 2 aromatic rings. The first-order valence-electron chi connectivity index (χ1n) is 7.57. The van der Waals surface area contributed by atoms with Gasteiger partial charge in [-0.15, -0.1) is 0 Å². The Labute approximate surface area is 144 Å². The number of amides is 1. The lowest BCUT2D eigenvalue weighted by Crippen LogP contribution is -2.32. The van der Waals surface area contributed by atoms with Gasteiger partial charge >= 0.3 is 0 Å². The van der Waals surface area contributed by atoms with Gasteiger partial charge in [0.2, 0.25) is 5.91 Å². The third-order valence-electron chi connectivity index (χ3n) is 4.00. The van der Waals surface area contributed by atoms with Crippen molar-refractivity contribution in [1.29, 1.82) is 0 Å². The summed E-state index contributed by atoms with van der Waals surface area (Å²) in [4.78, 5) is 14.6. The van der Waals surface area contributed by atoms with E-state index in [0.29, 0.717) is 12.6 Å². The van der Waals surface area contributed by atoms with Crippen molar-refractivity contribution in [3.63, 3.8) is 0 Å². The van der Waals surface area contributed by atoms with Crippen molar-refractivity contribution in [3.8, 4) is 0 Å². The lowest BCUT2D eigenvalue weighted by molar-refractivity contribution is -0.117. The number of carbonyl (C=O) groups is 1. The summed E-state index contributed by atoms with van der Waals surface area (Å²) in [7, 11) is 0. The van der Waals surface area contributed by atoms with Crippen molar-refractivity contribution in [2.24, 2.45) is 0 Å². The van der Waals surface area contributed by atoms with E-state index >= 15 is 0 Å². The van der Waals surface area contributed by atoms with Crippen molar-refractivity contribution in [1.82, 2.24) is 4.90 Å². The van der Waals surface area contributed by atoms with Crippen LogP contribution >= 0.6 is 22.6 Å². The third-order valence-corrected chi connectivity index (χ3v) is 4.67. The van der Waals surface area contributed by atoms with Crippen molar-refractivity contribution in [3.05, 3.63) is 63.7 Å². The van der Waals surface area contributed by atoms with Crippen LogP contribution in [0.5, 0.6) is 0 Å². The van der Waals surface area contributed by atoms with Crippen LogP contribution < -0.4 is 5.32 Å². The van der Waals surface area contributed by atoms with E-state index in [9.17, 15) is 4.79 Å². The van der Waals surface area contributed by atoms with E-state index < -0.39 is 0 Å². The van der Waals surface area contributed by atoms with Gasteiger partial charge in [-0.2, -0.15) is 0 Å². The van der Waals surface area contributed by atoms with Gasteiger partial charge in [0.1, 0.15) is 0 Å². The second-order valence-corrected chi connectivity index (χ2v) is 6.84. The van der Waals surface area contributed by atoms with Gasteiger partial charge in [0, 0.05) is 15.3 Å². The standard InChI is InChI=1S/C18H19IN2O/c19-15-8-4-9-16(12-15)20-18(22)13-21-11-5-10-17(21)14-6-2-1-3-7-14/h1-4,6-9,12,17H,5,10-11,13H2,(H,20,22). The van der Waals surface area contributed by atoms with E-state index in [1.165, 1.54) is 5.56 Å². The highest BCUT2D eigenvalue weighted by molar-refractivity contribution is 14.1. The molecule has 0 radical (unpaired) electrons. The molecule has 0 bridgehead atoms. The first-order chi connectivity index (χ1) is 10.7. The molecular formula is C18H19IN2O. The van der Waals surface area contributed by atoms with Gasteiger partial charge in [0.25, 0.3) is 0 Å². The van der Waals surface area contributed by atoms with Crippen LogP contribution in [0.4, 0.5) is 5.69 Å². The average Bonchev–Trinajstić information content (AvgIpc) is 2.96. The summed E-state index contributed by atoms with van der Waals surface area (Å²) < 4.78 is 1.12. The quantitative estimate of drug-likeness (QED) is 0.777. The lowest BCUT2D eigenvalue weighted by atomic mass is 10.0. The Hall–Kier alpha value is -1.40. The number of benzene rings is 2. The number of halogens is 1. The second-order valence-electron chi connectivity index (χ2n) is 5.60. The van der Waals surface area contributed by atoms with Gasteiger partial charge in [-0.25, -0.2) is 0 Å². The molecule has 1 N–H and O–H groups in total. The highest BCUT2D eigenvalue weighted by Gasteiger charge is 2.27. The van der Waals surface area contributed by atoms with Gasteiger partial charge in [0.15, 0.2) is 0 Å². The Morgan fingerprint density at radius 2 is 2.00 bits per heavy atom. The molecule has 3 nitrogen and oxygen atoms in total. The van der Waals surface area contributed by atoms with Crippen LogP contribution in [0.15, 0.2) is 54.6 Å². The molecule has 1 aliphatic rings. The number of nitrogens with one attached hydrogen (secondary N) is 1. The van der Waals surface area contributed by atoms with Gasteiger partial charge < -0.3 is 5.32 Å². The average molecular weight is 406 g/mol. The first kappa shape index (κ1) is 15.5. The first-order valence-corrected chi connectivity index (χ1v) is 8.65. The molecule has 1 saturated heterocycles. The molecule has 1 atom stereocenters. The van der Waals surface area contributed by atoms with Crippen LogP contribution in [0.25, 0.3) is 0 Å². The summed E-state index contributed by atoms with van der Waals surface area (Å²) in [5.41, 5.74) is 2.18. The number of likely N-dealkylation sites (tertiary alicyclic amines) is 1. The molecule has 0 spiro atoms. The highest BCUT2D eigenvalue weighted by Crippen LogP contribution is 2.31. The number of anilines is 1. The zero-order chi connectivity index (χ0) is 15.4. The maximum atomic E-state index is 12.3. The van der Waals surface area contributed by atoms with Crippen LogP contribution in [-0.4, -0.2) is 23.9 Å². The van der Waals surface area contributed by atoms with E-state index in [4.69, 9.17) is 0 Å². The van der Waals surface area contributed by atoms with Crippen LogP contribution in [-0.2, 0) is 4.79 Å². The summed E-state index contributed by atoms with van der Waals surface area (Å²) in [5, 5.41) is 3.00. The Bertz CT molecular complexity index is 645. The maximum Gasteiger partial charge on any atom is 0.238 e. The van der Waals surface area contributed by atoms with Crippen LogP contribution in [0.2, 0.25) is 0 Å². The molecule has 1 heterocycles. The molecule has 1 fully saturated rings. The summed E-state index contributed by atoms with van der Waals surface area (Å²) in [6.07, 6.45) is 2.27. The van der Waals surface area contributed by atoms with Crippen LogP contribution in [0, 0.1) is 3.57 Å². The Morgan fingerprint density at radius 1 is 1.18 bits per heavy atom. The van der Waals surface area contributed by atoms with Crippen molar-refractivity contribution in [2.45, 2.75) is 18.9 Å². The number of nitrogens with zero attached hydrogens (tertiary/aromatic N) is 1. The smallest absolute Gasteiger partial charge is 0.238 e. The third kappa shape index (κ3) is 3.87. The highest BCUT2D eigenvalue weighted by atomic mass is 127. The van der Waals surface area contributed by atoms with Crippen molar-refractivity contribution < 1.29 is 4.79 Å². The maximum absolute atomic E-state index is 12.3. The monoisotopic (exact) mass is 406 g/mol. The topological polar surface area (TPSA) is 32.3 Å². The fraction of sp³-hybridized carbons (Fsp3) is 0.278. The molecule has 0 aromatic heterocycles. The number of rotatable bonds is 4. The lowest BCUT2D eigenvalue weighted by Gasteiger charge is -2.24. The van der Waals surface area contributed by atoms with Gasteiger partial charge in [-0.05, 0) is 65.7 Å². The summed E-state index contributed by atoms with van der Waals surface area (Å²) >= 11 is 2.25. The molecule has 3 rings (SSSR count). The van der Waals surface area contributed by atoms with E-state index in [0.717, 1.165) is 28.6 Å². The van der Waals surface area contributed by atoms with E-state index in [1.807, 2.05) is 30.3 Å². The van der Waals surface area contributed by atoms with E-state index in [-0.39, 0.29) is 5.91 Å². The normalized spacial score (nSPS) is 18.3. The van der Waals surface area contributed by atoms with E-state index in [2.05, 4.69) is 57.1 Å². The summed E-state index contributed by atoms with van der Waals surface area (Å²) in [6, 6.07) is 18.7. The largest absolute Gasteiger partial charge is 0.325 e. The Morgan fingerprint density at radius 3 is 2.77 bits per heavy atom. The molecule has 1 aliphatic heterocycles. The Balaban J connectivity index is 1.63. The molecule has 4 heteroatoms. The van der Waals surface area contributed by atoms with Crippen LogP contribution in [0.3, 0.4) is 0 Å². The molecule has 1 unspecified atom stereocenters. The SMILES string of the molecule is O=C(CN1CCCC1c1ccccc1)Nc1cccc(I)c1. The zero-order valence-electron chi connectivity index (χ0n) is 12.3. The van der Waals surface area contributed by atoms with Crippen molar-refractivity contribution in [2.75, 3.05) is 18.4 Å². The minimum absolute atomic E-state index is 0.0600. The number of hydrogen-bond donors (Lipinski definition) is 1. The molecule has 1 amide bonds. The second kappa shape index (κ2) is 7.24. The predicted octanol–water partition coefficient (Wildman–Crippen LogP) is 4.07. The number of carbonyl (C=O) groups excluding carboxylic acids is 1. The predicted molar refractivity (Wildman–Crippen MR) is 97.8 cm³/mol. The minimum atomic E-state index is 0.0600. The van der Waals surface area contributed by atoms with E-state index in [1.54, 1.807) is 0 Å². The number of hydrogen-bond acceptors (Lipinski definition) is 2. The summed E-state index contributed by atoms with van der Waals surface area (Å²) in [6.45, 7) is 1.43. The van der Waals surface area contributed by atoms with Gasteiger partial charge in [0.05, 0.1) is 6.54 Å². The van der Waals surface area contributed by atoms with Gasteiger partial charge in [-0.1, -0.05) is 36.4 Å².